The van der Waals surface area contributed by atoms with E-state index in [1.807, 2.05) is 18.2 Å². The van der Waals surface area contributed by atoms with Crippen LogP contribution in [0.5, 0.6) is 17.2 Å². The molecular formula is C25H42O5Si2. The highest BCUT2D eigenvalue weighted by molar-refractivity contribution is 6.84. The van der Waals surface area contributed by atoms with Crippen LogP contribution < -0.4 is 14.2 Å². The van der Waals surface area contributed by atoms with E-state index in [0.29, 0.717) is 0 Å². The van der Waals surface area contributed by atoms with Gasteiger partial charge in [0.05, 0.1) is 27.9 Å². The van der Waals surface area contributed by atoms with Crippen molar-refractivity contribution >= 4 is 16.6 Å². The molecule has 2 aromatic rings. The molecule has 180 valence electrons. The molecule has 0 saturated heterocycles. The molecule has 0 radical (unpaired) electrons. The van der Waals surface area contributed by atoms with Gasteiger partial charge >= 0.3 is 0 Å². The Bertz CT molecular complexity index is 852. The molecule has 0 bridgehead atoms. The van der Waals surface area contributed by atoms with Crippen LogP contribution in [-0.2, 0) is 23.2 Å². The van der Waals surface area contributed by atoms with Gasteiger partial charge in [-0.2, -0.15) is 0 Å². The van der Waals surface area contributed by atoms with Crippen LogP contribution >= 0.6 is 0 Å². The van der Waals surface area contributed by atoms with Crippen LogP contribution in [0.1, 0.15) is 30.5 Å². The number of aryl methyl sites for hydroxylation is 1. The highest BCUT2D eigenvalue weighted by atomic mass is 28.4. The zero-order chi connectivity index (χ0) is 23.1. The van der Waals surface area contributed by atoms with Crippen molar-refractivity contribution in [3.63, 3.8) is 0 Å². The molecule has 0 heterocycles. The van der Waals surface area contributed by atoms with Gasteiger partial charge in [0.15, 0.2) is 28.1 Å². The van der Waals surface area contributed by atoms with E-state index in [2.05, 4.69) is 44.4 Å². The molecule has 0 spiro atoms. The van der Waals surface area contributed by atoms with Crippen molar-refractivity contribution in [2.45, 2.75) is 65.2 Å². The van der Waals surface area contributed by atoms with Crippen molar-refractivity contribution in [1.82, 2.24) is 0 Å². The van der Waals surface area contributed by atoms with Gasteiger partial charge in [0.25, 0.3) is 0 Å². The van der Waals surface area contributed by atoms with E-state index in [1.165, 1.54) is 11.1 Å². The quantitative estimate of drug-likeness (QED) is 0.380. The van der Waals surface area contributed by atoms with Gasteiger partial charge in [-0.15, -0.1) is 0 Å². The Morgan fingerprint density at radius 3 is 1.94 bits per heavy atom. The molecule has 5 nitrogen and oxygen atoms in total. The monoisotopic (exact) mass is 478 g/mol. The molecule has 0 saturated carbocycles. The second-order valence-electron chi connectivity index (χ2n) is 9.15. The van der Waals surface area contributed by atoms with Crippen LogP contribution in [0, 0.1) is 0 Å². The number of benzene rings is 2. The Hall–Kier alpha value is -1.81. The van der Waals surface area contributed by atoms with Crippen LogP contribution in [-0.4, -0.2) is 43.1 Å². The predicted molar refractivity (Wildman–Crippen MR) is 138 cm³/mol. The summed E-state index contributed by atoms with van der Waals surface area (Å²) in [5.41, 5.74) is 3.29. The van der Waals surface area contributed by atoms with Gasteiger partial charge in [-0.25, -0.2) is 0 Å². The lowest BCUT2D eigenvalue weighted by atomic mass is 10.1. The van der Waals surface area contributed by atoms with Gasteiger partial charge < -0.3 is 23.4 Å². The molecular weight excluding hydrogens is 436 g/mol. The molecule has 32 heavy (non-hydrogen) atoms. The lowest BCUT2D eigenvalue weighted by molar-refractivity contribution is 0.273. The van der Waals surface area contributed by atoms with Crippen molar-refractivity contribution in [3.8, 4) is 17.2 Å². The molecule has 2 aromatic carbocycles. The van der Waals surface area contributed by atoms with Gasteiger partial charge in [-0.05, 0) is 86.5 Å². The smallest absolute Gasteiger partial charge is 0.177 e. The number of methoxy groups -OCH3 is 3. The fourth-order valence-electron chi connectivity index (χ4n) is 4.15. The standard InChI is InChI=1S/C24H38O5Si2.CH4/c1-26-22-12-11-20(15-21(22)17-25)18-31(6,7)29-30(4,5)14-8-9-19-10-13-23(27-2)24(16-19)28-3;/h10-13,15-16,25H,8-9,14,17-18H2,1-7H3;1H4. The number of hydrogen-bond acceptors (Lipinski definition) is 5. The molecule has 0 aromatic heterocycles. The van der Waals surface area contributed by atoms with Crippen LogP contribution in [0.2, 0.25) is 32.2 Å². The zero-order valence-corrected chi connectivity index (χ0v) is 22.1. The lowest BCUT2D eigenvalue weighted by Crippen LogP contribution is -2.46. The molecule has 0 aliphatic heterocycles. The number of ether oxygens (including phenoxy) is 3. The highest BCUT2D eigenvalue weighted by Crippen LogP contribution is 2.29. The fourth-order valence-corrected chi connectivity index (χ4v) is 13.1. The van der Waals surface area contributed by atoms with Crippen LogP contribution in [0.3, 0.4) is 0 Å². The molecule has 0 unspecified atom stereocenters. The Balaban J connectivity index is 0.00000512. The maximum absolute atomic E-state index is 9.60. The van der Waals surface area contributed by atoms with Crippen molar-refractivity contribution in [1.29, 1.82) is 0 Å². The molecule has 7 heteroatoms. The van der Waals surface area contributed by atoms with Crippen LogP contribution in [0.4, 0.5) is 0 Å². The summed E-state index contributed by atoms with van der Waals surface area (Å²) in [6.07, 6.45) is 2.09. The first kappa shape index (κ1) is 28.2. The molecule has 0 aliphatic carbocycles. The Labute approximate surface area is 196 Å². The van der Waals surface area contributed by atoms with E-state index in [-0.39, 0.29) is 14.0 Å². The summed E-state index contributed by atoms with van der Waals surface area (Å²) in [7, 11) is 1.27. The first-order valence-corrected chi connectivity index (χ1v) is 17.0. The van der Waals surface area contributed by atoms with Gasteiger partial charge in [-0.1, -0.05) is 19.6 Å². The normalized spacial score (nSPS) is 11.6. The molecule has 0 atom stereocenters. The molecule has 0 amide bonds. The van der Waals surface area contributed by atoms with E-state index in [9.17, 15) is 5.11 Å². The van der Waals surface area contributed by atoms with Gasteiger partial charge in [0.2, 0.25) is 0 Å². The minimum Gasteiger partial charge on any atom is -0.496 e. The number of hydrogen-bond donors (Lipinski definition) is 1. The van der Waals surface area contributed by atoms with Crippen LogP contribution in [0.15, 0.2) is 36.4 Å². The number of rotatable bonds is 12. The van der Waals surface area contributed by atoms with E-state index in [4.69, 9.17) is 18.3 Å². The second kappa shape index (κ2) is 12.4. The summed E-state index contributed by atoms with van der Waals surface area (Å²) in [5, 5.41) is 9.60. The fraction of sp³-hybridized carbons (Fsp3) is 0.520. The maximum Gasteiger partial charge on any atom is 0.177 e. The molecule has 2 rings (SSSR count). The summed E-state index contributed by atoms with van der Waals surface area (Å²) in [5.74, 6) is 2.28. The second-order valence-corrected chi connectivity index (χ2v) is 17.9. The third-order valence-corrected chi connectivity index (χ3v) is 12.6. The van der Waals surface area contributed by atoms with Crippen LogP contribution in [0.25, 0.3) is 0 Å². The first-order chi connectivity index (χ1) is 14.6. The third-order valence-electron chi connectivity index (χ3n) is 5.39. The van der Waals surface area contributed by atoms with Crippen molar-refractivity contribution < 1.29 is 23.4 Å². The maximum atomic E-state index is 9.60. The van der Waals surface area contributed by atoms with Crippen molar-refractivity contribution in [2.75, 3.05) is 21.3 Å². The average molecular weight is 479 g/mol. The Morgan fingerprint density at radius 2 is 1.34 bits per heavy atom. The summed E-state index contributed by atoms with van der Waals surface area (Å²) in [4.78, 5) is 0. The summed E-state index contributed by atoms with van der Waals surface area (Å²) in [6, 6.07) is 14.3. The van der Waals surface area contributed by atoms with E-state index in [0.717, 1.165) is 47.7 Å². The van der Waals surface area contributed by atoms with E-state index in [1.54, 1.807) is 21.3 Å². The number of aliphatic hydroxyl groups excluding tert-OH is 1. The number of aliphatic hydroxyl groups is 1. The van der Waals surface area contributed by atoms with E-state index < -0.39 is 16.6 Å². The average Bonchev–Trinajstić information content (AvgIpc) is 2.72. The topological polar surface area (TPSA) is 57.2 Å². The minimum absolute atomic E-state index is 0. The van der Waals surface area contributed by atoms with Gasteiger partial charge in [0, 0.05) is 5.56 Å². The summed E-state index contributed by atoms with van der Waals surface area (Å²) in [6.45, 7) is 9.21. The molecule has 0 fully saturated rings. The summed E-state index contributed by atoms with van der Waals surface area (Å²) >= 11 is 0. The molecule has 0 aliphatic rings. The van der Waals surface area contributed by atoms with Gasteiger partial charge in [-0.3, -0.25) is 0 Å². The largest absolute Gasteiger partial charge is 0.496 e. The Kier molecular flexibility index (Phi) is 11.0. The highest BCUT2D eigenvalue weighted by Gasteiger charge is 2.33. The predicted octanol–water partition coefficient (Wildman–Crippen LogP) is 5.98. The van der Waals surface area contributed by atoms with Crippen molar-refractivity contribution in [2.24, 2.45) is 0 Å². The summed E-state index contributed by atoms with van der Waals surface area (Å²) < 4.78 is 22.9. The minimum atomic E-state index is -1.90. The SMILES string of the molecule is C.COc1ccc(C[Si](C)(C)O[Si](C)(C)CCCc2ccc(OC)c(OC)c2)cc1CO. The third kappa shape index (κ3) is 8.28. The zero-order valence-electron chi connectivity index (χ0n) is 20.1. The lowest BCUT2D eigenvalue weighted by Gasteiger charge is -2.34. The first-order valence-electron chi connectivity index (χ1n) is 10.8. The van der Waals surface area contributed by atoms with E-state index >= 15 is 0 Å². The van der Waals surface area contributed by atoms with Gasteiger partial charge in [0.1, 0.15) is 5.75 Å². The molecule has 1 N–H and O–H groups in total. The Morgan fingerprint density at radius 1 is 0.750 bits per heavy atom. The van der Waals surface area contributed by atoms with Crippen molar-refractivity contribution in [3.05, 3.63) is 53.1 Å².